The van der Waals surface area contributed by atoms with Crippen LogP contribution in [0.3, 0.4) is 0 Å². The van der Waals surface area contributed by atoms with E-state index in [1.165, 1.54) is 0 Å². The van der Waals surface area contributed by atoms with E-state index in [1.807, 2.05) is 54.4 Å². The second-order valence-electron chi connectivity index (χ2n) is 20.5. The third-order valence-electron chi connectivity index (χ3n) is 10.7. The van der Waals surface area contributed by atoms with Crippen molar-refractivity contribution in [2.45, 2.75) is 71.2 Å². The first-order chi connectivity index (χ1) is 40.7. The highest BCUT2D eigenvalue weighted by Gasteiger charge is 2.31. The lowest BCUT2D eigenvalue weighted by molar-refractivity contribution is -0.870. The number of nitrogens with zero attached hydrogens (tertiary/aromatic N) is 2. The molecule has 4 unspecified atom stereocenters. The number of benzene rings is 4. The molecule has 4 atom stereocenters. The Hall–Kier alpha value is -7.22. The minimum Gasteiger partial charge on any atom is -0.756 e. The number of likely N-dealkylation sites (N-methyl/N-ethyl adjacent to an activating group) is 2. The van der Waals surface area contributed by atoms with Crippen molar-refractivity contribution in [3.63, 3.8) is 0 Å². The van der Waals surface area contributed by atoms with Crippen molar-refractivity contribution in [3.8, 4) is 0 Å². The molecule has 28 heteroatoms. The highest BCUT2D eigenvalue weighted by molar-refractivity contribution is 7.48. The van der Waals surface area contributed by atoms with Gasteiger partial charge < -0.3 is 60.8 Å². The van der Waals surface area contributed by atoms with Gasteiger partial charge in [0.15, 0.2) is 12.2 Å². The number of esters is 8. The van der Waals surface area contributed by atoms with Crippen LogP contribution >= 0.6 is 15.6 Å². The normalized spacial score (nSPS) is 13.3. The van der Waals surface area contributed by atoms with Gasteiger partial charge in [-0.05, 0) is 29.2 Å². The molecular formula is C58H77N2O24P2+. The number of hydrogen-bond donors (Lipinski definition) is 0. The minimum atomic E-state index is -4.81. The summed E-state index contributed by atoms with van der Waals surface area (Å²) in [6.45, 7) is -0.470. The minimum absolute atomic E-state index is 0.000555. The van der Waals surface area contributed by atoms with Crippen LogP contribution in [-0.2, 0) is 134 Å². The summed E-state index contributed by atoms with van der Waals surface area (Å²) in [4.78, 5) is 110. The predicted octanol–water partition coefficient (Wildman–Crippen LogP) is 5.51. The molecule has 26 nitrogen and oxygen atoms in total. The molecular weight excluding hydrogens is 1170 g/mol. The summed E-state index contributed by atoms with van der Waals surface area (Å²) in [7, 11) is 2.37. The van der Waals surface area contributed by atoms with Crippen LogP contribution in [0.2, 0.25) is 0 Å². The number of hydrogen-bond acceptors (Lipinski definition) is 24. The zero-order valence-corrected chi connectivity index (χ0v) is 51.1. The molecule has 0 spiro atoms. The Kier molecular flexibility index (Phi) is 32.9. The molecule has 86 heavy (non-hydrogen) atoms. The largest absolute Gasteiger partial charge is 0.756 e. The molecule has 0 N–H and O–H groups in total. The quantitative estimate of drug-likeness (QED) is 0.0176. The Morgan fingerprint density at radius 2 is 0.674 bits per heavy atom. The van der Waals surface area contributed by atoms with Crippen molar-refractivity contribution >= 4 is 63.4 Å². The topological polar surface area (TPSA) is 314 Å². The zero-order valence-electron chi connectivity index (χ0n) is 49.3. The molecule has 4 aromatic rings. The van der Waals surface area contributed by atoms with Crippen LogP contribution < -0.4 is 4.89 Å². The summed E-state index contributed by atoms with van der Waals surface area (Å²) in [5.74, 6) is -7.47. The van der Waals surface area contributed by atoms with Crippen LogP contribution in [-0.4, -0.2) is 171 Å². The maximum atomic E-state index is 13.1. The average molecular weight is 1250 g/mol. The van der Waals surface area contributed by atoms with Crippen LogP contribution in [0.4, 0.5) is 0 Å². The molecule has 4 rings (SSSR count). The summed E-state index contributed by atoms with van der Waals surface area (Å²) >= 11 is 0. The fraction of sp³-hybridized carbons (Fsp3) is 0.448. The van der Waals surface area contributed by atoms with Crippen LogP contribution in [0, 0.1) is 0 Å². The van der Waals surface area contributed by atoms with E-state index < -0.39 is 128 Å². The van der Waals surface area contributed by atoms with Crippen LogP contribution in [0.1, 0.15) is 54.9 Å². The van der Waals surface area contributed by atoms with Gasteiger partial charge in [0.25, 0.3) is 7.82 Å². The van der Waals surface area contributed by atoms with Gasteiger partial charge in [0.2, 0.25) is 0 Å². The van der Waals surface area contributed by atoms with Gasteiger partial charge in [-0.15, -0.1) is 0 Å². The number of rotatable bonds is 38. The molecule has 0 aliphatic heterocycles. The van der Waals surface area contributed by atoms with Crippen molar-refractivity contribution < 1.29 is 122 Å². The lowest BCUT2D eigenvalue weighted by Crippen LogP contribution is -2.37. The number of phosphoric acid groups is 2. The van der Waals surface area contributed by atoms with Crippen LogP contribution in [0.25, 0.3) is 0 Å². The highest BCUT2D eigenvalue weighted by Crippen LogP contribution is 2.49. The highest BCUT2D eigenvalue weighted by atomic mass is 31.2. The Balaban J connectivity index is 0.000000451. The van der Waals surface area contributed by atoms with Gasteiger partial charge in [0, 0.05) is 0 Å². The Morgan fingerprint density at radius 1 is 0.384 bits per heavy atom. The van der Waals surface area contributed by atoms with Crippen molar-refractivity contribution in [2.24, 2.45) is 0 Å². The molecule has 4 aromatic carbocycles. The lowest BCUT2D eigenvalue weighted by Gasteiger charge is -2.28. The molecule has 0 amide bonds. The van der Waals surface area contributed by atoms with Gasteiger partial charge in [-0.3, -0.25) is 56.5 Å². The fourth-order valence-corrected chi connectivity index (χ4v) is 8.22. The Bertz CT molecular complexity index is 2820. The number of carbonyl (C=O) groups is 8. The molecule has 0 saturated carbocycles. The van der Waals surface area contributed by atoms with Gasteiger partial charge in [0.1, 0.15) is 91.6 Å². The fourth-order valence-electron chi connectivity index (χ4n) is 6.30. The molecule has 0 radical (unpaired) electrons. The standard InChI is InChI=1S/C30H41NO12P.C28H36NO12P/c1-5-40-44(36,41-17-16-31(2,3)4)42-23-26(43-30(35)19-29(34)38-21-25-14-10-7-11-15-25)22-39-28(33)18-27(32)37-20-24-12-8-6-9-13-24;1-29(2,3)14-15-39-42(34,35)40-21-24(41-28(33)17-27(32)37-19-23-12-8-5-9-13-23)20-38-26(31)16-25(30)36-18-22-10-6-4-7-11-22/h6-15,26H,5,16-23H2,1-4H3;4-13,24H,14-21H2,1-3H3/q+1;. The molecule has 0 aliphatic rings. The number of quaternary nitrogens is 2. The SMILES string of the molecule is CCOP(=O)(OCC[N+](C)(C)C)OCC(COC(=O)CC(=O)OCc1ccccc1)OC(=O)CC(=O)OCc1ccccc1.C[N+](C)(C)CCOP(=O)([O-])OCC(COC(=O)CC(=O)OCc1ccccc1)OC(=O)CC(=O)OCc1ccccc1. The first-order valence-electron chi connectivity index (χ1n) is 26.9. The predicted molar refractivity (Wildman–Crippen MR) is 302 cm³/mol. The summed E-state index contributed by atoms with van der Waals surface area (Å²) in [5.41, 5.74) is 2.89. The Morgan fingerprint density at radius 3 is 0.988 bits per heavy atom. The Labute approximate surface area is 500 Å². The lowest BCUT2D eigenvalue weighted by atomic mass is 10.2. The summed E-state index contributed by atoms with van der Waals surface area (Å²) in [5, 5.41) is 0. The number of ether oxygens (including phenoxy) is 8. The van der Waals surface area contributed by atoms with Crippen molar-refractivity contribution in [1.29, 1.82) is 0 Å². The summed E-state index contributed by atoms with van der Waals surface area (Å²) in [6.07, 6.45) is -5.76. The van der Waals surface area contributed by atoms with E-state index in [4.69, 9.17) is 60.5 Å². The molecule has 0 heterocycles. The van der Waals surface area contributed by atoms with E-state index in [2.05, 4.69) is 0 Å². The molecule has 0 saturated heterocycles. The van der Waals surface area contributed by atoms with E-state index >= 15 is 0 Å². The molecule has 0 aliphatic carbocycles. The zero-order chi connectivity index (χ0) is 63.4. The first kappa shape index (κ1) is 73.0. The van der Waals surface area contributed by atoms with Gasteiger partial charge in [-0.25, -0.2) is 4.57 Å². The monoisotopic (exact) mass is 1250 g/mol. The summed E-state index contributed by atoms with van der Waals surface area (Å²) in [6, 6.07) is 35.3. The second-order valence-corrected chi connectivity index (χ2v) is 23.6. The third kappa shape index (κ3) is 35.9. The van der Waals surface area contributed by atoms with E-state index in [0.717, 1.165) is 16.7 Å². The first-order valence-corrected chi connectivity index (χ1v) is 29.8. The van der Waals surface area contributed by atoms with E-state index in [9.17, 15) is 52.4 Å². The third-order valence-corrected chi connectivity index (χ3v) is 13.2. The summed E-state index contributed by atoms with van der Waals surface area (Å²) < 4.78 is 92.6. The number of phosphoric ester groups is 2. The maximum Gasteiger partial charge on any atom is 0.475 e. The smallest absolute Gasteiger partial charge is 0.475 e. The molecule has 472 valence electrons. The van der Waals surface area contributed by atoms with Gasteiger partial charge in [-0.2, -0.15) is 0 Å². The van der Waals surface area contributed by atoms with Gasteiger partial charge >= 0.3 is 55.6 Å². The van der Waals surface area contributed by atoms with Crippen molar-refractivity contribution in [3.05, 3.63) is 144 Å². The number of carbonyl (C=O) groups excluding carboxylic acids is 8. The molecule has 0 aromatic heterocycles. The maximum absolute atomic E-state index is 13.1. The van der Waals surface area contributed by atoms with Gasteiger partial charge in [-0.1, -0.05) is 121 Å². The van der Waals surface area contributed by atoms with Crippen molar-refractivity contribution in [2.75, 3.05) is 102 Å². The van der Waals surface area contributed by atoms with Crippen LogP contribution in [0.5, 0.6) is 0 Å². The molecule has 0 fully saturated rings. The van der Waals surface area contributed by atoms with E-state index in [1.54, 1.807) is 116 Å². The second kappa shape index (κ2) is 38.7. The molecule has 0 bridgehead atoms. The average Bonchev–Trinajstić information content (AvgIpc) is 3.67. The van der Waals surface area contributed by atoms with E-state index in [-0.39, 0.29) is 46.2 Å². The van der Waals surface area contributed by atoms with E-state index in [0.29, 0.717) is 27.6 Å². The van der Waals surface area contributed by atoms with Crippen LogP contribution in [0.15, 0.2) is 121 Å². The van der Waals surface area contributed by atoms with Gasteiger partial charge in [0.05, 0.1) is 62.1 Å². The van der Waals surface area contributed by atoms with Crippen molar-refractivity contribution in [1.82, 2.24) is 0 Å².